The lowest BCUT2D eigenvalue weighted by molar-refractivity contribution is 0.0927. The van der Waals surface area contributed by atoms with E-state index in [9.17, 15) is 4.79 Å². The molecule has 0 radical (unpaired) electrons. The Hall–Kier alpha value is -2.64. The molecule has 2 aromatic heterocycles. The number of H-pyrrole nitrogens is 1. The van der Waals surface area contributed by atoms with E-state index in [0.29, 0.717) is 11.7 Å². The zero-order valence-electron chi connectivity index (χ0n) is 20.6. The lowest BCUT2D eigenvalue weighted by Gasteiger charge is -2.39. The van der Waals surface area contributed by atoms with Crippen LogP contribution in [0.3, 0.4) is 0 Å². The van der Waals surface area contributed by atoms with Crippen molar-refractivity contribution in [1.29, 1.82) is 0 Å². The van der Waals surface area contributed by atoms with Gasteiger partial charge in [-0.2, -0.15) is 0 Å². The molecule has 2 aliphatic heterocycles. The molecule has 1 amide bonds. The molecule has 1 fully saturated rings. The Morgan fingerprint density at radius 1 is 1.21 bits per heavy atom. The van der Waals surface area contributed by atoms with Gasteiger partial charge in [0.25, 0.3) is 5.91 Å². The second-order valence-corrected chi connectivity index (χ2v) is 10.1. The zero-order chi connectivity index (χ0) is 23.5. The van der Waals surface area contributed by atoms with Gasteiger partial charge in [-0.05, 0) is 57.5 Å². The van der Waals surface area contributed by atoms with Crippen LogP contribution < -0.4 is 5.32 Å². The van der Waals surface area contributed by atoms with E-state index >= 15 is 0 Å². The van der Waals surface area contributed by atoms with E-state index in [-0.39, 0.29) is 11.9 Å². The number of carbonyl (C=O) groups is 1. The summed E-state index contributed by atoms with van der Waals surface area (Å²) in [5.74, 6) is 0.978. The van der Waals surface area contributed by atoms with Crippen molar-refractivity contribution in [3.8, 4) is 0 Å². The molecule has 182 valence electrons. The van der Waals surface area contributed by atoms with E-state index < -0.39 is 0 Å². The number of fused-ring (bicyclic) bond motifs is 2. The van der Waals surface area contributed by atoms with Gasteiger partial charge in [-0.3, -0.25) is 9.69 Å². The molecule has 34 heavy (non-hydrogen) atoms. The Bertz CT molecular complexity index is 1110. The minimum Gasteiger partial charge on any atom is -0.361 e. The fourth-order valence-electron chi connectivity index (χ4n) is 5.55. The molecule has 0 aliphatic carbocycles. The quantitative estimate of drug-likeness (QED) is 0.534. The van der Waals surface area contributed by atoms with Crippen LogP contribution >= 0.6 is 0 Å². The minimum absolute atomic E-state index is 0.0475. The smallest absolute Gasteiger partial charge is 0.271 e. The van der Waals surface area contributed by atoms with Crippen LogP contribution in [0.15, 0.2) is 36.7 Å². The number of rotatable bonds is 8. The van der Waals surface area contributed by atoms with Crippen molar-refractivity contribution in [2.24, 2.45) is 0 Å². The minimum atomic E-state index is -0.0475. The normalized spacial score (nSPS) is 18.8. The predicted octanol–water partition coefficient (Wildman–Crippen LogP) is 3.81. The molecular formula is C27H38N6O. The van der Waals surface area contributed by atoms with Gasteiger partial charge in [-0.25, -0.2) is 4.98 Å². The highest BCUT2D eigenvalue weighted by Crippen LogP contribution is 2.23. The molecule has 0 spiro atoms. The molecule has 4 heterocycles. The molecule has 2 aliphatic rings. The van der Waals surface area contributed by atoms with Gasteiger partial charge >= 0.3 is 0 Å². The molecule has 1 unspecified atom stereocenters. The Balaban J connectivity index is 1.25. The molecule has 0 bridgehead atoms. The first-order chi connectivity index (χ1) is 16.6. The SMILES string of the molecule is CCCCC(Cc1c[nH]c2ccccc12)NC(=O)c1cn2c(n1)CN(C1CCN(C)CC1)CC2. The van der Waals surface area contributed by atoms with Gasteiger partial charge in [0.2, 0.25) is 0 Å². The van der Waals surface area contributed by atoms with Crippen LogP contribution in [0.1, 0.15) is 60.9 Å². The van der Waals surface area contributed by atoms with E-state index in [2.05, 4.69) is 63.0 Å². The van der Waals surface area contributed by atoms with Crippen molar-refractivity contribution in [1.82, 2.24) is 29.7 Å². The largest absolute Gasteiger partial charge is 0.361 e. The van der Waals surface area contributed by atoms with Gasteiger partial charge in [0, 0.05) is 48.5 Å². The van der Waals surface area contributed by atoms with E-state index in [4.69, 9.17) is 4.98 Å². The second kappa shape index (κ2) is 10.3. The van der Waals surface area contributed by atoms with E-state index in [0.717, 1.165) is 56.7 Å². The molecule has 1 atom stereocenters. The summed E-state index contributed by atoms with van der Waals surface area (Å²) in [5.41, 5.74) is 2.96. The third kappa shape index (κ3) is 5.05. The van der Waals surface area contributed by atoms with Crippen molar-refractivity contribution in [2.75, 3.05) is 26.7 Å². The summed E-state index contributed by atoms with van der Waals surface area (Å²) in [6, 6.07) is 9.11. The molecule has 5 rings (SSSR count). The summed E-state index contributed by atoms with van der Waals surface area (Å²) >= 11 is 0. The van der Waals surface area contributed by atoms with Crippen LogP contribution in [0.2, 0.25) is 0 Å². The molecule has 1 aromatic carbocycles. The van der Waals surface area contributed by atoms with Gasteiger partial charge < -0.3 is 19.8 Å². The Morgan fingerprint density at radius 3 is 2.85 bits per heavy atom. The number of unbranched alkanes of at least 4 members (excludes halogenated alkanes) is 1. The van der Waals surface area contributed by atoms with Crippen LogP contribution in [0.25, 0.3) is 10.9 Å². The third-order valence-electron chi connectivity index (χ3n) is 7.65. The Morgan fingerprint density at radius 2 is 2.03 bits per heavy atom. The number of piperidine rings is 1. The summed E-state index contributed by atoms with van der Waals surface area (Å²) in [6.07, 6.45) is 10.5. The second-order valence-electron chi connectivity index (χ2n) is 10.1. The fraction of sp³-hybridized carbons (Fsp3) is 0.556. The topological polar surface area (TPSA) is 69.2 Å². The van der Waals surface area contributed by atoms with Gasteiger partial charge in [0.15, 0.2) is 0 Å². The van der Waals surface area contributed by atoms with Crippen LogP contribution in [0.4, 0.5) is 0 Å². The molecule has 3 aromatic rings. The number of aromatic nitrogens is 3. The summed E-state index contributed by atoms with van der Waals surface area (Å²) in [4.78, 5) is 26.4. The van der Waals surface area contributed by atoms with Crippen molar-refractivity contribution in [3.63, 3.8) is 0 Å². The number of imidazole rings is 1. The average molecular weight is 463 g/mol. The van der Waals surface area contributed by atoms with E-state index in [1.54, 1.807) is 0 Å². The monoisotopic (exact) mass is 462 g/mol. The number of nitrogens with one attached hydrogen (secondary N) is 2. The average Bonchev–Trinajstić information content (AvgIpc) is 3.47. The molecule has 7 heteroatoms. The van der Waals surface area contributed by atoms with Gasteiger partial charge in [0.05, 0.1) is 6.54 Å². The number of likely N-dealkylation sites (tertiary alicyclic amines) is 1. The number of nitrogens with zero attached hydrogens (tertiary/aromatic N) is 4. The zero-order valence-corrected chi connectivity index (χ0v) is 20.6. The molecular weight excluding hydrogens is 424 g/mol. The number of para-hydroxylation sites is 1. The van der Waals surface area contributed by atoms with Gasteiger partial charge in [-0.1, -0.05) is 38.0 Å². The molecule has 1 saturated heterocycles. The van der Waals surface area contributed by atoms with Crippen molar-refractivity contribution >= 4 is 16.8 Å². The van der Waals surface area contributed by atoms with Gasteiger partial charge in [-0.15, -0.1) is 0 Å². The van der Waals surface area contributed by atoms with Crippen LogP contribution in [0, 0.1) is 0 Å². The first-order valence-corrected chi connectivity index (χ1v) is 12.9. The highest BCUT2D eigenvalue weighted by molar-refractivity contribution is 5.92. The van der Waals surface area contributed by atoms with Crippen LogP contribution in [-0.4, -0.2) is 69.0 Å². The third-order valence-corrected chi connectivity index (χ3v) is 7.65. The lowest BCUT2D eigenvalue weighted by Crippen LogP contribution is -2.46. The maximum Gasteiger partial charge on any atom is 0.271 e. The molecule has 0 saturated carbocycles. The highest BCUT2D eigenvalue weighted by atomic mass is 16.2. The Kier molecular flexibility index (Phi) is 7.02. The summed E-state index contributed by atoms with van der Waals surface area (Å²) in [5, 5.41) is 4.55. The van der Waals surface area contributed by atoms with Crippen molar-refractivity contribution in [3.05, 3.63) is 53.7 Å². The number of hydrogen-bond donors (Lipinski definition) is 2. The van der Waals surface area contributed by atoms with Crippen LogP contribution in [0.5, 0.6) is 0 Å². The summed E-state index contributed by atoms with van der Waals surface area (Å²) in [7, 11) is 2.20. The predicted molar refractivity (Wildman–Crippen MR) is 136 cm³/mol. The maximum atomic E-state index is 13.2. The highest BCUT2D eigenvalue weighted by Gasteiger charge is 2.28. The van der Waals surface area contributed by atoms with E-state index in [1.165, 1.54) is 36.9 Å². The van der Waals surface area contributed by atoms with E-state index in [1.807, 2.05) is 12.3 Å². The number of amides is 1. The number of hydrogen-bond acceptors (Lipinski definition) is 4. The lowest BCUT2D eigenvalue weighted by atomic mass is 10.0. The maximum absolute atomic E-state index is 13.2. The van der Waals surface area contributed by atoms with Crippen molar-refractivity contribution < 1.29 is 4.79 Å². The number of carbonyl (C=O) groups excluding carboxylic acids is 1. The van der Waals surface area contributed by atoms with Crippen molar-refractivity contribution in [2.45, 2.75) is 70.6 Å². The standard InChI is InChI=1S/C27H38N6O/c1-3-4-7-21(16-20-17-28-24-9-6-5-8-23(20)24)29-27(34)25-18-33-15-14-32(19-26(33)30-25)22-10-12-31(2)13-11-22/h5-6,8-9,17-18,21-22,28H,3-4,7,10-16,19H2,1-2H3,(H,29,34). The Labute approximate surface area is 202 Å². The van der Waals surface area contributed by atoms with Gasteiger partial charge in [0.1, 0.15) is 11.5 Å². The summed E-state index contributed by atoms with van der Waals surface area (Å²) < 4.78 is 2.18. The first kappa shape index (κ1) is 23.1. The summed E-state index contributed by atoms with van der Waals surface area (Å²) in [6.45, 7) is 7.33. The molecule has 7 nitrogen and oxygen atoms in total. The first-order valence-electron chi connectivity index (χ1n) is 12.9. The fourth-order valence-corrected chi connectivity index (χ4v) is 5.55. The number of benzene rings is 1. The molecule has 2 N–H and O–H groups in total. The number of aromatic amines is 1. The van der Waals surface area contributed by atoms with Crippen LogP contribution in [-0.2, 0) is 19.5 Å².